The van der Waals surface area contributed by atoms with E-state index in [1.54, 1.807) is 18.4 Å². The molecule has 1 amide bonds. The Balaban J connectivity index is 1.36. The van der Waals surface area contributed by atoms with E-state index in [4.69, 9.17) is 19.3 Å². The van der Waals surface area contributed by atoms with Crippen LogP contribution in [0, 0.1) is 0 Å². The SMILES string of the molecule is COc1ccc(-c2ccc3c(c2)c(Cc2sc4ccccc4[n+]2CC(=O)NCCOCCOCCO)cc[n+]3C)cc1. The van der Waals surface area contributed by atoms with Crippen LogP contribution in [0.5, 0.6) is 5.75 Å². The van der Waals surface area contributed by atoms with Crippen LogP contribution in [0.2, 0.25) is 0 Å². The van der Waals surface area contributed by atoms with Crippen LogP contribution in [0.3, 0.4) is 0 Å². The number of hydrogen-bond donors (Lipinski definition) is 2. The summed E-state index contributed by atoms with van der Waals surface area (Å²) in [7, 11) is 3.74. The first-order chi connectivity index (χ1) is 20.6. The van der Waals surface area contributed by atoms with E-state index in [0.29, 0.717) is 39.4 Å². The van der Waals surface area contributed by atoms with Gasteiger partial charge in [-0.1, -0.05) is 35.6 Å². The maximum Gasteiger partial charge on any atom is 0.286 e. The number of carbonyl (C=O) groups is 1. The smallest absolute Gasteiger partial charge is 0.286 e. The first kappa shape index (κ1) is 29.6. The number of aryl methyl sites for hydroxylation is 1. The Morgan fingerprint density at radius 1 is 0.905 bits per heavy atom. The summed E-state index contributed by atoms with van der Waals surface area (Å²) < 4.78 is 21.5. The van der Waals surface area contributed by atoms with Crippen molar-refractivity contribution in [2.75, 3.05) is 46.7 Å². The van der Waals surface area contributed by atoms with Gasteiger partial charge < -0.3 is 24.6 Å². The third-order valence-corrected chi connectivity index (χ3v) is 8.32. The Kier molecular flexibility index (Phi) is 10.1. The van der Waals surface area contributed by atoms with Crippen LogP contribution < -0.4 is 19.2 Å². The summed E-state index contributed by atoms with van der Waals surface area (Å²) in [5.41, 5.74) is 5.68. The van der Waals surface area contributed by atoms with Gasteiger partial charge in [0.25, 0.3) is 5.91 Å². The lowest BCUT2D eigenvalue weighted by Gasteiger charge is -2.08. The number of amides is 1. The lowest BCUT2D eigenvalue weighted by Crippen LogP contribution is -2.45. The van der Waals surface area contributed by atoms with Gasteiger partial charge in [-0.2, -0.15) is 4.57 Å². The zero-order valence-corrected chi connectivity index (χ0v) is 24.9. The molecule has 0 saturated carbocycles. The number of hydrogen-bond acceptors (Lipinski definition) is 6. The number of nitrogens with zero attached hydrogens (tertiary/aromatic N) is 2. The number of nitrogens with one attached hydrogen (secondary N) is 1. The summed E-state index contributed by atoms with van der Waals surface area (Å²) in [5.74, 6) is 0.775. The van der Waals surface area contributed by atoms with Gasteiger partial charge in [-0.25, -0.2) is 4.57 Å². The van der Waals surface area contributed by atoms with Crippen molar-refractivity contribution in [2.24, 2.45) is 7.05 Å². The molecule has 0 spiro atoms. The van der Waals surface area contributed by atoms with Gasteiger partial charge in [0.15, 0.2) is 6.20 Å². The Morgan fingerprint density at radius 2 is 1.67 bits per heavy atom. The number of aliphatic hydroxyl groups is 1. The molecule has 2 heterocycles. The normalized spacial score (nSPS) is 11.3. The van der Waals surface area contributed by atoms with Crippen molar-refractivity contribution < 1.29 is 33.2 Å². The minimum absolute atomic E-state index is 0.00316. The van der Waals surface area contributed by atoms with Crippen LogP contribution in [0.15, 0.2) is 79.0 Å². The highest BCUT2D eigenvalue weighted by molar-refractivity contribution is 7.18. The van der Waals surface area contributed by atoms with Gasteiger partial charge in [0, 0.05) is 24.7 Å². The first-order valence-electron chi connectivity index (χ1n) is 14.1. The molecule has 2 N–H and O–H groups in total. The Bertz CT molecular complexity index is 1650. The maximum absolute atomic E-state index is 13.0. The number of benzene rings is 3. The highest BCUT2D eigenvalue weighted by atomic mass is 32.1. The molecule has 42 heavy (non-hydrogen) atoms. The van der Waals surface area contributed by atoms with E-state index in [9.17, 15) is 4.79 Å². The molecule has 0 atom stereocenters. The summed E-state index contributed by atoms with van der Waals surface area (Å²) in [6.45, 7) is 2.19. The molecule has 0 fully saturated rings. The summed E-state index contributed by atoms with van der Waals surface area (Å²) in [6.07, 6.45) is 2.80. The number of aliphatic hydroxyl groups excluding tert-OH is 1. The molecule has 9 heteroatoms. The van der Waals surface area contributed by atoms with Gasteiger partial charge in [-0.3, -0.25) is 4.79 Å². The van der Waals surface area contributed by atoms with Gasteiger partial charge in [0.1, 0.15) is 17.5 Å². The van der Waals surface area contributed by atoms with Gasteiger partial charge in [0.2, 0.25) is 22.6 Å². The molecular weight excluding hydrogens is 550 g/mol. The second-order valence-electron chi connectivity index (χ2n) is 9.94. The summed E-state index contributed by atoms with van der Waals surface area (Å²) >= 11 is 1.73. The Labute approximate surface area is 249 Å². The van der Waals surface area contributed by atoms with Gasteiger partial charge in [-0.15, -0.1) is 0 Å². The second-order valence-corrected chi connectivity index (χ2v) is 11.1. The number of para-hydroxylation sites is 1. The number of ether oxygens (including phenoxy) is 3. The molecule has 5 aromatic rings. The summed E-state index contributed by atoms with van der Waals surface area (Å²) in [4.78, 5) is 13.0. The molecule has 218 valence electrons. The van der Waals surface area contributed by atoms with Crippen molar-refractivity contribution in [3.05, 3.63) is 89.6 Å². The van der Waals surface area contributed by atoms with Crippen molar-refractivity contribution in [3.8, 4) is 16.9 Å². The van der Waals surface area contributed by atoms with Crippen molar-refractivity contribution >= 4 is 38.4 Å². The molecule has 0 aliphatic heterocycles. The highest BCUT2D eigenvalue weighted by Crippen LogP contribution is 2.29. The van der Waals surface area contributed by atoms with Crippen LogP contribution in [0.1, 0.15) is 10.6 Å². The van der Waals surface area contributed by atoms with Gasteiger partial charge in [0.05, 0.1) is 52.0 Å². The Hall–Kier alpha value is -3.89. The zero-order valence-electron chi connectivity index (χ0n) is 24.0. The molecule has 0 radical (unpaired) electrons. The average molecular weight is 588 g/mol. The minimum Gasteiger partial charge on any atom is -0.497 e. The molecule has 0 saturated heterocycles. The van der Waals surface area contributed by atoms with E-state index in [-0.39, 0.29) is 19.1 Å². The van der Waals surface area contributed by atoms with Crippen LogP contribution in [-0.2, 0) is 34.3 Å². The van der Waals surface area contributed by atoms with Crippen LogP contribution >= 0.6 is 11.3 Å². The van der Waals surface area contributed by atoms with Crippen molar-refractivity contribution in [3.63, 3.8) is 0 Å². The zero-order chi connectivity index (χ0) is 29.3. The number of thiazole rings is 1. The molecule has 0 aliphatic rings. The highest BCUT2D eigenvalue weighted by Gasteiger charge is 2.25. The summed E-state index contributed by atoms with van der Waals surface area (Å²) in [5, 5.41) is 14.0. The van der Waals surface area contributed by atoms with Crippen LogP contribution in [-0.4, -0.2) is 57.7 Å². The fourth-order valence-electron chi connectivity index (χ4n) is 4.99. The number of methoxy groups -OCH3 is 1. The number of aromatic nitrogens is 2. The molecule has 0 aliphatic carbocycles. The van der Waals surface area contributed by atoms with Gasteiger partial charge in [-0.05, 0) is 47.0 Å². The van der Waals surface area contributed by atoms with E-state index in [2.05, 4.69) is 76.2 Å². The topological polar surface area (TPSA) is 84.8 Å². The van der Waals surface area contributed by atoms with E-state index in [1.807, 2.05) is 24.3 Å². The molecule has 8 nitrogen and oxygen atoms in total. The second kappa shape index (κ2) is 14.3. The minimum atomic E-state index is -0.0592. The van der Waals surface area contributed by atoms with E-state index in [1.165, 1.54) is 10.9 Å². The lowest BCUT2D eigenvalue weighted by atomic mass is 9.99. The average Bonchev–Trinajstić information content (AvgIpc) is 3.36. The number of carbonyl (C=O) groups excluding carboxylic acids is 1. The standard InChI is InChI=1S/C33H36N3O5S/c1-35-15-13-26(28-21-25(9-12-29(28)35)24-7-10-27(39-2)11-8-24)22-33-36(30-5-3-4-6-31(30)42-33)23-32(38)34-14-17-40-19-20-41-18-16-37/h3-13,15,21,37H,14,16-20,22-23H2,1-2H3/q+1/p+1. The quantitative estimate of drug-likeness (QED) is 0.153. The lowest BCUT2D eigenvalue weighted by molar-refractivity contribution is -0.661. The number of fused-ring (bicyclic) bond motifs is 2. The largest absolute Gasteiger partial charge is 0.497 e. The number of pyridine rings is 1. The summed E-state index contributed by atoms with van der Waals surface area (Å²) in [6, 6.07) is 25.1. The van der Waals surface area contributed by atoms with E-state index < -0.39 is 0 Å². The van der Waals surface area contributed by atoms with E-state index in [0.717, 1.165) is 37.6 Å². The maximum atomic E-state index is 13.0. The third-order valence-electron chi connectivity index (χ3n) is 7.15. The van der Waals surface area contributed by atoms with Crippen molar-refractivity contribution in [2.45, 2.75) is 13.0 Å². The predicted octanol–water partition coefficient (Wildman–Crippen LogP) is 3.57. The molecule has 0 bridgehead atoms. The molecule has 0 unspecified atom stereocenters. The van der Waals surface area contributed by atoms with Crippen molar-refractivity contribution in [1.82, 2.24) is 5.32 Å². The predicted molar refractivity (Wildman–Crippen MR) is 164 cm³/mol. The molecule has 3 aromatic carbocycles. The van der Waals surface area contributed by atoms with Crippen LogP contribution in [0.25, 0.3) is 32.2 Å². The molecule has 5 rings (SSSR count). The third kappa shape index (κ3) is 7.11. The Morgan fingerprint density at radius 3 is 2.45 bits per heavy atom. The van der Waals surface area contributed by atoms with Crippen LogP contribution in [0.4, 0.5) is 0 Å². The van der Waals surface area contributed by atoms with Gasteiger partial charge >= 0.3 is 0 Å². The van der Waals surface area contributed by atoms with E-state index >= 15 is 0 Å². The fraction of sp³-hybridized carbons (Fsp3) is 0.303. The molecule has 2 aromatic heterocycles. The molecular formula is C33H37N3O5S+2. The monoisotopic (exact) mass is 587 g/mol. The first-order valence-corrected chi connectivity index (χ1v) is 14.9. The van der Waals surface area contributed by atoms with Crippen molar-refractivity contribution in [1.29, 1.82) is 0 Å². The fourth-order valence-corrected chi connectivity index (χ4v) is 6.17. The number of rotatable bonds is 14.